The minimum Gasteiger partial charge on any atom is -0.369 e. The van der Waals surface area contributed by atoms with Crippen LogP contribution in [0.15, 0.2) is 11.2 Å². The van der Waals surface area contributed by atoms with Crippen molar-refractivity contribution in [3.63, 3.8) is 0 Å². The number of anilines is 1. The van der Waals surface area contributed by atoms with Crippen LogP contribution in [0.4, 0.5) is 5.82 Å². The van der Waals surface area contributed by atoms with Gasteiger partial charge in [0.2, 0.25) is 0 Å². The molecule has 0 aliphatic carbocycles. The lowest BCUT2D eigenvalue weighted by Gasteiger charge is -2.11. The van der Waals surface area contributed by atoms with Gasteiger partial charge >= 0.3 is 0 Å². The standard InChI is InChI=1S/C9H15ClN4S/c1-14(2)5-4-11-8-6-7(10)12-9(13-8)15-3/h6H,4-5H2,1-3H3,(H,11,12,13). The zero-order valence-corrected chi connectivity index (χ0v) is 10.7. The average molecular weight is 247 g/mol. The Labute approximate surface area is 99.4 Å². The van der Waals surface area contributed by atoms with Crippen LogP contribution in [0.5, 0.6) is 0 Å². The van der Waals surface area contributed by atoms with Crippen molar-refractivity contribution in [1.29, 1.82) is 0 Å². The van der Waals surface area contributed by atoms with Crippen molar-refractivity contribution in [3.05, 3.63) is 11.2 Å². The van der Waals surface area contributed by atoms with Gasteiger partial charge in [-0.15, -0.1) is 0 Å². The fourth-order valence-corrected chi connectivity index (χ4v) is 1.60. The molecule has 1 rings (SSSR count). The van der Waals surface area contributed by atoms with Gasteiger partial charge in [-0.3, -0.25) is 0 Å². The van der Waals surface area contributed by atoms with E-state index in [2.05, 4.69) is 20.2 Å². The molecule has 0 aromatic carbocycles. The van der Waals surface area contributed by atoms with Crippen molar-refractivity contribution >= 4 is 29.2 Å². The monoisotopic (exact) mass is 246 g/mol. The molecule has 0 unspecified atom stereocenters. The van der Waals surface area contributed by atoms with Crippen LogP contribution in [-0.4, -0.2) is 48.3 Å². The number of hydrogen-bond acceptors (Lipinski definition) is 5. The van der Waals surface area contributed by atoms with E-state index in [1.54, 1.807) is 6.07 Å². The van der Waals surface area contributed by atoms with Gasteiger partial charge in [0.25, 0.3) is 0 Å². The largest absolute Gasteiger partial charge is 0.369 e. The van der Waals surface area contributed by atoms with Gasteiger partial charge in [0.05, 0.1) is 0 Å². The van der Waals surface area contributed by atoms with E-state index in [9.17, 15) is 0 Å². The Morgan fingerprint density at radius 3 is 2.80 bits per heavy atom. The van der Waals surface area contributed by atoms with E-state index >= 15 is 0 Å². The van der Waals surface area contributed by atoms with Crippen LogP contribution in [0.1, 0.15) is 0 Å². The van der Waals surface area contributed by atoms with Crippen LogP contribution in [0.3, 0.4) is 0 Å². The SMILES string of the molecule is CSc1nc(Cl)cc(NCCN(C)C)n1. The molecule has 1 aromatic rings. The summed E-state index contributed by atoms with van der Waals surface area (Å²) in [7, 11) is 4.06. The van der Waals surface area contributed by atoms with E-state index in [0.29, 0.717) is 10.3 Å². The van der Waals surface area contributed by atoms with Gasteiger partial charge in [0, 0.05) is 19.2 Å². The third kappa shape index (κ3) is 4.68. The Morgan fingerprint density at radius 1 is 1.47 bits per heavy atom. The lowest BCUT2D eigenvalue weighted by Crippen LogP contribution is -2.21. The summed E-state index contributed by atoms with van der Waals surface area (Å²) < 4.78 is 0. The fraction of sp³-hybridized carbons (Fsp3) is 0.556. The molecule has 1 aromatic heterocycles. The van der Waals surface area contributed by atoms with Crippen LogP contribution in [0, 0.1) is 0 Å². The maximum Gasteiger partial charge on any atom is 0.190 e. The first-order chi connectivity index (χ1) is 7.11. The van der Waals surface area contributed by atoms with Crippen molar-refractivity contribution in [3.8, 4) is 0 Å². The third-order valence-electron chi connectivity index (χ3n) is 1.72. The van der Waals surface area contributed by atoms with Gasteiger partial charge in [-0.1, -0.05) is 23.4 Å². The molecule has 0 aliphatic heterocycles. The molecule has 4 nitrogen and oxygen atoms in total. The highest BCUT2D eigenvalue weighted by atomic mass is 35.5. The predicted molar refractivity (Wildman–Crippen MR) is 65.9 cm³/mol. The molecule has 0 radical (unpaired) electrons. The summed E-state index contributed by atoms with van der Waals surface area (Å²) in [5.74, 6) is 0.779. The second-order valence-corrected chi connectivity index (χ2v) is 4.45. The molecule has 0 spiro atoms. The zero-order valence-electron chi connectivity index (χ0n) is 9.12. The molecule has 0 amide bonds. The summed E-state index contributed by atoms with van der Waals surface area (Å²) in [6.07, 6.45) is 1.93. The van der Waals surface area contributed by atoms with Crippen molar-refractivity contribution in [1.82, 2.24) is 14.9 Å². The normalized spacial score (nSPS) is 10.7. The molecule has 15 heavy (non-hydrogen) atoms. The van der Waals surface area contributed by atoms with Crippen molar-refractivity contribution in [2.24, 2.45) is 0 Å². The number of rotatable bonds is 5. The van der Waals surface area contributed by atoms with Gasteiger partial charge in [0.15, 0.2) is 5.16 Å². The average Bonchev–Trinajstić information content (AvgIpc) is 2.16. The predicted octanol–water partition coefficient (Wildman–Crippen LogP) is 1.83. The molecule has 1 heterocycles. The highest BCUT2D eigenvalue weighted by Crippen LogP contribution is 2.16. The van der Waals surface area contributed by atoms with Crippen LogP contribution in [-0.2, 0) is 0 Å². The van der Waals surface area contributed by atoms with E-state index < -0.39 is 0 Å². The maximum absolute atomic E-state index is 5.86. The molecule has 0 bridgehead atoms. The van der Waals surface area contributed by atoms with Crippen LogP contribution in [0.2, 0.25) is 5.15 Å². The lowest BCUT2D eigenvalue weighted by atomic mass is 10.5. The minimum absolute atomic E-state index is 0.474. The number of halogens is 1. The first-order valence-electron chi connectivity index (χ1n) is 4.59. The summed E-state index contributed by atoms with van der Waals surface area (Å²) in [5.41, 5.74) is 0. The Kier molecular flexibility index (Phi) is 5.14. The molecule has 0 fully saturated rings. The van der Waals surface area contributed by atoms with Gasteiger partial charge in [0.1, 0.15) is 11.0 Å². The highest BCUT2D eigenvalue weighted by molar-refractivity contribution is 7.98. The van der Waals surface area contributed by atoms with Gasteiger partial charge in [-0.05, 0) is 20.4 Å². The highest BCUT2D eigenvalue weighted by Gasteiger charge is 2.01. The van der Waals surface area contributed by atoms with Gasteiger partial charge < -0.3 is 10.2 Å². The second-order valence-electron chi connectivity index (χ2n) is 3.29. The first-order valence-corrected chi connectivity index (χ1v) is 6.19. The number of aromatic nitrogens is 2. The van der Waals surface area contributed by atoms with E-state index in [0.717, 1.165) is 18.9 Å². The van der Waals surface area contributed by atoms with Crippen LogP contribution >= 0.6 is 23.4 Å². The number of nitrogens with zero attached hydrogens (tertiary/aromatic N) is 3. The van der Waals surface area contributed by atoms with Crippen LogP contribution < -0.4 is 5.32 Å². The van der Waals surface area contributed by atoms with E-state index in [-0.39, 0.29) is 0 Å². The second kappa shape index (κ2) is 6.15. The molecule has 1 N–H and O–H groups in total. The molecule has 6 heteroatoms. The number of likely N-dealkylation sites (N-methyl/N-ethyl adjacent to an activating group) is 1. The van der Waals surface area contributed by atoms with Crippen LogP contribution in [0.25, 0.3) is 0 Å². The molecular weight excluding hydrogens is 232 g/mol. The fourth-order valence-electron chi connectivity index (χ4n) is 0.986. The summed E-state index contributed by atoms with van der Waals surface area (Å²) in [6.45, 7) is 1.80. The molecule has 0 saturated carbocycles. The number of nitrogens with one attached hydrogen (secondary N) is 1. The summed E-state index contributed by atoms with van der Waals surface area (Å²) >= 11 is 7.34. The number of thioether (sulfide) groups is 1. The first kappa shape index (κ1) is 12.5. The topological polar surface area (TPSA) is 41.1 Å². The van der Waals surface area contributed by atoms with E-state index in [1.165, 1.54) is 11.8 Å². The Hall–Kier alpha value is -0.520. The van der Waals surface area contributed by atoms with Crippen molar-refractivity contribution in [2.75, 3.05) is 38.8 Å². The molecule has 0 saturated heterocycles. The quantitative estimate of drug-likeness (QED) is 0.488. The Balaban J connectivity index is 2.56. The zero-order chi connectivity index (χ0) is 11.3. The summed E-state index contributed by atoms with van der Waals surface area (Å²) in [4.78, 5) is 10.5. The maximum atomic E-state index is 5.86. The van der Waals surface area contributed by atoms with Gasteiger partial charge in [-0.2, -0.15) is 0 Å². The number of hydrogen-bond donors (Lipinski definition) is 1. The summed E-state index contributed by atoms with van der Waals surface area (Å²) in [5, 5.41) is 4.36. The lowest BCUT2D eigenvalue weighted by molar-refractivity contribution is 0.425. The molecule has 0 atom stereocenters. The smallest absolute Gasteiger partial charge is 0.190 e. The van der Waals surface area contributed by atoms with Gasteiger partial charge in [-0.25, -0.2) is 9.97 Å². The van der Waals surface area contributed by atoms with Crippen molar-refractivity contribution < 1.29 is 0 Å². The molecular formula is C9H15ClN4S. The van der Waals surface area contributed by atoms with Crippen molar-refractivity contribution in [2.45, 2.75) is 5.16 Å². The molecule has 84 valence electrons. The Morgan fingerprint density at radius 2 is 2.20 bits per heavy atom. The third-order valence-corrected chi connectivity index (χ3v) is 2.46. The molecule has 0 aliphatic rings. The van der Waals surface area contributed by atoms with E-state index in [4.69, 9.17) is 11.6 Å². The van der Waals surface area contributed by atoms with E-state index in [1.807, 2.05) is 20.4 Å². The Bertz CT molecular complexity index is 319. The summed E-state index contributed by atoms with van der Waals surface area (Å²) in [6, 6.07) is 1.73. The minimum atomic E-state index is 0.474.